The lowest BCUT2D eigenvalue weighted by atomic mass is 9.80. The Bertz CT molecular complexity index is 779. The van der Waals surface area contributed by atoms with Crippen LogP contribution in [0.3, 0.4) is 0 Å². The van der Waals surface area contributed by atoms with Crippen LogP contribution < -0.4 is 15.5 Å². The molecule has 0 fully saturated rings. The SMILES string of the molecule is CC(=O)N1CN(C(=O)CC(C)(C)C[C@H](N)[C@@H](O)C[C@@H](C)C(=O)O)c2ccccc21. The van der Waals surface area contributed by atoms with Crippen molar-refractivity contribution in [1.29, 1.82) is 0 Å². The Labute approximate surface area is 171 Å². The zero-order valence-corrected chi connectivity index (χ0v) is 17.5. The van der Waals surface area contributed by atoms with Crippen LogP contribution in [0.15, 0.2) is 24.3 Å². The number of para-hydroxylation sites is 2. The molecule has 1 aliphatic rings. The molecule has 29 heavy (non-hydrogen) atoms. The Morgan fingerprint density at radius 2 is 1.72 bits per heavy atom. The third kappa shape index (κ3) is 5.55. The number of fused-ring (bicyclic) bond motifs is 1. The van der Waals surface area contributed by atoms with Crippen molar-refractivity contribution in [2.24, 2.45) is 17.1 Å². The van der Waals surface area contributed by atoms with E-state index in [4.69, 9.17) is 10.8 Å². The smallest absolute Gasteiger partial charge is 0.306 e. The number of aliphatic carboxylic acids is 1. The molecular formula is C21H31N3O5. The normalized spacial score (nSPS) is 16.9. The second-order valence-corrected chi connectivity index (χ2v) is 8.65. The molecule has 0 saturated carbocycles. The Morgan fingerprint density at radius 1 is 1.17 bits per heavy atom. The molecule has 1 aliphatic heterocycles. The standard InChI is InChI=1S/C21H31N3O5/c1-13(20(28)29)9-18(26)15(22)10-21(3,4)11-19(27)24-12-23(14(2)25)16-7-5-6-8-17(16)24/h5-8,13,15,18,26H,9-12,22H2,1-4H3,(H,28,29)/t13-,15+,18+/m1/s1. The summed E-state index contributed by atoms with van der Waals surface area (Å²) in [6.45, 7) is 6.95. The molecule has 0 spiro atoms. The number of hydrogen-bond acceptors (Lipinski definition) is 5. The second-order valence-electron chi connectivity index (χ2n) is 8.65. The van der Waals surface area contributed by atoms with E-state index in [1.165, 1.54) is 13.8 Å². The fourth-order valence-corrected chi connectivity index (χ4v) is 3.69. The molecule has 0 aromatic heterocycles. The number of anilines is 2. The van der Waals surface area contributed by atoms with Crippen LogP contribution in [0, 0.1) is 11.3 Å². The molecule has 3 atom stereocenters. The van der Waals surface area contributed by atoms with Crippen LogP contribution in [0.5, 0.6) is 0 Å². The van der Waals surface area contributed by atoms with E-state index in [0.717, 1.165) is 0 Å². The number of aliphatic hydroxyl groups excluding tert-OH is 1. The average Bonchev–Trinajstić information content (AvgIpc) is 3.00. The van der Waals surface area contributed by atoms with Gasteiger partial charge in [0.25, 0.3) is 0 Å². The summed E-state index contributed by atoms with van der Waals surface area (Å²) >= 11 is 0. The van der Waals surface area contributed by atoms with Gasteiger partial charge >= 0.3 is 5.97 Å². The molecule has 0 radical (unpaired) electrons. The number of carboxylic acid groups (broad SMARTS) is 1. The van der Waals surface area contributed by atoms with Crippen LogP contribution in [0.25, 0.3) is 0 Å². The number of benzene rings is 1. The summed E-state index contributed by atoms with van der Waals surface area (Å²) in [5.74, 6) is -1.94. The molecule has 4 N–H and O–H groups in total. The highest BCUT2D eigenvalue weighted by atomic mass is 16.4. The summed E-state index contributed by atoms with van der Waals surface area (Å²) in [6, 6.07) is 6.63. The Kier molecular flexibility index (Phi) is 7.02. The van der Waals surface area contributed by atoms with Crippen molar-refractivity contribution < 1.29 is 24.6 Å². The molecule has 8 heteroatoms. The van der Waals surface area contributed by atoms with Crippen LogP contribution in [-0.2, 0) is 14.4 Å². The van der Waals surface area contributed by atoms with Crippen LogP contribution in [0.2, 0.25) is 0 Å². The number of rotatable bonds is 8. The molecule has 8 nitrogen and oxygen atoms in total. The van der Waals surface area contributed by atoms with E-state index in [-0.39, 0.29) is 31.3 Å². The summed E-state index contributed by atoms with van der Waals surface area (Å²) in [4.78, 5) is 39.1. The predicted molar refractivity (Wildman–Crippen MR) is 110 cm³/mol. The van der Waals surface area contributed by atoms with Gasteiger partial charge in [0.15, 0.2) is 0 Å². The highest BCUT2D eigenvalue weighted by molar-refractivity contribution is 6.06. The lowest BCUT2D eigenvalue weighted by molar-refractivity contribution is -0.142. The van der Waals surface area contributed by atoms with E-state index in [1.54, 1.807) is 9.80 Å². The van der Waals surface area contributed by atoms with Crippen molar-refractivity contribution in [1.82, 2.24) is 0 Å². The first-order chi connectivity index (χ1) is 13.4. The maximum atomic E-state index is 13.0. The summed E-state index contributed by atoms with van der Waals surface area (Å²) < 4.78 is 0. The van der Waals surface area contributed by atoms with Crippen LogP contribution in [0.4, 0.5) is 11.4 Å². The zero-order chi connectivity index (χ0) is 21.9. The number of carboxylic acids is 1. The number of nitrogens with two attached hydrogens (primary N) is 1. The molecule has 2 rings (SSSR count). The number of amides is 2. The summed E-state index contributed by atoms with van der Waals surface area (Å²) in [5.41, 5.74) is 6.99. The third-order valence-corrected chi connectivity index (χ3v) is 5.36. The van der Waals surface area contributed by atoms with E-state index in [0.29, 0.717) is 17.8 Å². The molecule has 2 amide bonds. The zero-order valence-electron chi connectivity index (χ0n) is 17.5. The van der Waals surface area contributed by atoms with Gasteiger partial charge in [0, 0.05) is 19.4 Å². The fraction of sp³-hybridized carbons (Fsp3) is 0.571. The van der Waals surface area contributed by atoms with Crippen LogP contribution >= 0.6 is 0 Å². The first-order valence-electron chi connectivity index (χ1n) is 9.77. The fourth-order valence-electron chi connectivity index (χ4n) is 3.69. The predicted octanol–water partition coefficient (Wildman–Crippen LogP) is 1.95. The van der Waals surface area contributed by atoms with Crippen LogP contribution in [-0.4, -0.2) is 46.8 Å². The highest BCUT2D eigenvalue weighted by Gasteiger charge is 2.36. The molecule has 1 aromatic carbocycles. The number of carbonyl (C=O) groups is 3. The van der Waals surface area contributed by atoms with E-state index >= 15 is 0 Å². The Balaban J connectivity index is 2.04. The van der Waals surface area contributed by atoms with Crippen molar-refractivity contribution in [3.63, 3.8) is 0 Å². The minimum absolute atomic E-state index is 0.0631. The first-order valence-corrected chi connectivity index (χ1v) is 9.77. The molecule has 1 aromatic rings. The number of nitrogens with zero attached hydrogens (tertiary/aromatic N) is 2. The number of aliphatic hydroxyl groups is 1. The van der Waals surface area contributed by atoms with Gasteiger partial charge in [0.1, 0.15) is 6.67 Å². The van der Waals surface area contributed by atoms with Crippen molar-refractivity contribution in [2.45, 2.75) is 59.1 Å². The quantitative estimate of drug-likeness (QED) is 0.607. The second kappa shape index (κ2) is 8.92. The van der Waals surface area contributed by atoms with Gasteiger partial charge in [-0.3, -0.25) is 24.2 Å². The molecule has 160 valence electrons. The minimum Gasteiger partial charge on any atom is -0.481 e. The minimum atomic E-state index is -0.978. The summed E-state index contributed by atoms with van der Waals surface area (Å²) in [6.07, 6.45) is -0.357. The van der Waals surface area contributed by atoms with Gasteiger partial charge < -0.3 is 15.9 Å². The molecule has 0 bridgehead atoms. The van der Waals surface area contributed by atoms with E-state index in [1.807, 2.05) is 38.1 Å². The van der Waals surface area contributed by atoms with Gasteiger partial charge in [-0.25, -0.2) is 0 Å². The topological polar surface area (TPSA) is 124 Å². The van der Waals surface area contributed by atoms with E-state index in [2.05, 4.69) is 0 Å². The Morgan fingerprint density at radius 3 is 2.24 bits per heavy atom. The van der Waals surface area contributed by atoms with Gasteiger partial charge in [0.2, 0.25) is 11.8 Å². The molecule has 0 unspecified atom stereocenters. The first kappa shape index (κ1) is 22.8. The van der Waals surface area contributed by atoms with Gasteiger partial charge in [-0.2, -0.15) is 0 Å². The number of carbonyl (C=O) groups excluding carboxylic acids is 2. The third-order valence-electron chi connectivity index (χ3n) is 5.36. The maximum absolute atomic E-state index is 13.0. The lowest BCUT2D eigenvalue weighted by Crippen LogP contribution is -2.43. The van der Waals surface area contributed by atoms with Crippen molar-refractivity contribution in [3.8, 4) is 0 Å². The van der Waals surface area contributed by atoms with Crippen molar-refractivity contribution >= 4 is 29.2 Å². The Hall–Kier alpha value is -2.45. The summed E-state index contributed by atoms with van der Waals surface area (Å²) in [7, 11) is 0. The van der Waals surface area contributed by atoms with Gasteiger partial charge in [-0.1, -0.05) is 32.9 Å². The summed E-state index contributed by atoms with van der Waals surface area (Å²) in [5, 5.41) is 19.2. The monoisotopic (exact) mass is 405 g/mol. The van der Waals surface area contributed by atoms with Crippen LogP contribution in [0.1, 0.15) is 47.0 Å². The lowest BCUT2D eigenvalue weighted by Gasteiger charge is -2.31. The highest BCUT2D eigenvalue weighted by Crippen LogP contribution is 2.38. The largest absolute Gasteiger partial charge is 0.481 e. The molecule has 0 saturated heterocycles. The van der Waals surface area contributed by atoms with Gasteiger partial charge in [-0.15, -0.1) is 0 Å². The van der Waals surface area contributed by atoms with Gasteiger partial charge in [0.05, 0.1) is 23.4 Å². The van der Waals surface area contributed by atoms with E-state index < -0.39 is 29.4 Å². The number of hydrogen-bond donors (Lipinski definition) is 3. The molecule has 1 heterocycles. The average molecular weight is 405 g/mol. The van der Waals surface area contributed by atoms with Gasteiger partial charge in [-0.05, 0) is 30.4 Å². The van der Waals surface area contributed by atoms with Crippen molar-refractivity contribution in [3.05, 3.63) is 24.3 Å². The maximum Gasteiger partial charge on any atom is 0.306 e. The molecule has 0 aliphatic carbocycles. The van der Waals surface area contributed by atoms with E-state index in [9.17, 15) is 19.5 Å². The molecular weight excluding hydrogens is 374 g/mol. The van der Waals surface area contributed by atoms with Crippen molar-refractivity contribution in [2.75, 3.05) is 16.5 Å².